The molecule has 2 aromatic carbocycles. The minimum absolute atomic E-state index is 0.0335. The predicted molar refractivity (Wildman–Crippen MR) is 181 cm³/mol. The maximum Gasteiger partial charge on any atom is 0.408 e. The molecule has 12 nitrogen and oxygen atoms in total. The van der Waals surface area contributed by atoms with Gasteiger partial charge in [-0.05, 0) is 58.6 Å². The molecule has 1 saturated carbocycles. The maximum absolute atomic E-state index is 14.3. The van der Waals surface area contributed by atoms with Gasteiger partial charge in [-0.3, -0.25) is 9.59 Å². The van der Waals surface area contributed by atoms with Gasteiger partial charge in [-0.15, -0.1) is 0 Å². The van der Waals surface area contributed by atoms with Crippen molar-refractivity contribution in [2.45, 2.75) is 82.2 Å². The van der Waals surface area contributed by atoms with Gasteiger partial charge >= 0.3 is 12.1 Å². The predicted octanol–water partition coefficient (Wildman–Crippen LogP) is 4.85. The van der Waals surface area contributed by atoms with Gasteiger partial charge in [-0.1, -0.05) is 42.5 Å². The highest BCUT2D eigenvalue weighted by molar-refractivity contribution is 5.96. The van der Waals surface area contributed by atoms with Gasteiger partial charge in [-0.25, -0.2) is 14.6 Å². The minimum Gasteiger partial charge on any atom is -0.497 e. The zero-order chi connectivity index (χ0) is 34.9. The van der Waals surface area contributed by atoms with Crippen molar-refractivity contribution in [3.05, 3.63) is 66.7 Å². The number of nitrogens with one attached hydrogen (secondary N) is 2. The van der Waals surface area contributed by atoms with Gasteiger partial charge in [0.05, 0.1) is 24.9 Å². The summed E-state index contributed by atoms with van der Waals surface area (Å²) < 4.78 is 17.5. The Kier molecular flexibility index (Phi) is 9.24. The van der Waals surface area contributed by atoms with E-state index in [1.165, 1.54) is 4.90 Å². The molecule has 49 heavy (non-hydrogen) atoms. The van der Waals surface area contributed by atoms with Gasteiger partial charge in [0.15, 0.2) is 0 Å². The van der Waals surface area contributed by atoms with E-state index in [-0.39, 0.29) is 25.3 Å². The number of fused-ring (bicyclic) bond motifs is 3. The van der Waals surface area contributed by atoms with Gasteiger partial charge < -0.3 is 34.9 Å². The topological polar surface area (TPSA) is 156 Å². The van der Waals surface area contributed by atoms with Gasteiger partial charge in [0.25, 0.3) is 0 Å². The van der Waals surface area contributed by atoms with Crippen molar-refractivity contribution in [3.8, 4) is 22.8 Å². The number of allylic oxidation sites excluding steroid dienone is 1. The van der Waals surface area contributed by atoms with E-state index in [0.29, 0.717) is 42.0 Å². The molecule has 3 aliphatic rings. The van der Waals surface area contributed by atoms with Crippen LogP contribution >= 0.6 is 0 Å². The number of ether oxygens (including phenoxy) is 3. The molecule has 3 aromatic rings. The molecule has 0 bridgehead atoms. The molecule has 6 rings (SSSR count). The van der Waals surface area contributed by atoms with Crippen LogP contribution in [0.3, 0.4) is 0 Å². The van der Waals surface area contributed by atoms with E-state index in [0.717, 1.165) is 10.9 Å². The number of pyridine rings is 1. The van der Waals surface area contributed by atoms with Crippen LogP contribution in [0.2, 0.25) is 0 Å². The zero-order valence-corrected chi connectivity index (χ0v) is 28.1. The number of alkyl carbamates (subject to hydrolysis) is 1. The van der Waals surface area contributed by atoms with E-state index in [1.54, 1.807) is 27.9 Å². The van der Waals surface area contributed by atoms with Crippen LogP contribution in [0.25, 0.3) is 22.2 Å². The Balaban J connectivity index is 1.34. The number of hydrogen-bond donors (Lipinski definition) is 3. The number of aromatic nitrogens is 1. The molecule has 0 radical (unpaired) electrons. The Labute approximate surface area is 284 Å². The molecule has 258 valence electrons. The summed E-state index contributed by atoms with van der Waals surface area (Å²) in [5.41, 5.74) is -0.0285. The third-order valence-electron chi connectivity index (χ3n) is 9.15. The number of carbonyl (C=O) groups is 4. The first-order chi connectivity index (χ1) is 23.4. The molecule has 0 spiro atoms. The Morgan fingerprint density at radius 2 is 1.88 bits per heavy atom. The second-order valence-corrected chi connectivity index (χ2v) is 13.9. The quantitative estimate of drug-likeness (QED) is 0.312. The largest absolute Gasteiger partial charge is 0.497 e. The average molecular weight is 671 g/mol. The number of rotatable bonds is 6. The van der Waals surface area contributed by atoms with Crippen molar-refractivity contribution < 1.29 is 38.5 Å². The SMILES string of the molecule is COc1ccc2c(O[C@@H]3C[C@H]4C(=O)N[C@]5(C(=O)O)CC5/C=C/CCC[C@H](NC(=O)OC(C)(C)C)C(=O)N4C3)cc(-c3ccccc3)nc2c1. The highest BCUT2D eigenvalue weighted by Gasteiger charge is 2.61. The van der Waals surface area contributed by atoms with Crippen molar-refractivity contribution in [1.29, 1.82) is 0 Å². The first kappa shape index (κ1) is 33.8. The fraction of sp³-hybridized carbons (Fsp3) is 0.432. The molecule has 1 saturated heterocycles. The number of nitrogens with zero attached hydrogens (tertiary/aromatic N) is 2. The van der Waals surface area contributed by atoms with Crippen LogP contribution in [0.5, 0.6) is 11.5 Å². The number of carboxylic acids is 1. The van der Waals surface area contributed by atoms with Crippen LogP contribution in [0.4, 0.5) is 4.79 Å². The molecule has 1 unspecified atom stereocenters. The maximum atomic E-state index is 14.3. The van der Waals surface area contributed by atoms with Crippen LogP contribution in [0.1, 0.15) is 52.9 Å². The molecular formula is C37H42N4O8. The van der Waals surface area contributed by atoms with E-state index < -0.39 is 53.2 Å². The molecule has 1 aliphatic carbocycles. The van der Waals surface area contributed by atoms with E-state index in [4.69, 9.17) is 19.2 Å². The molecule has 1 aromatic heterocycles. The van der Waals surface area contributed by atoms with Gasteiger partial charge in [0.1, 0.15) is 40.8 Å². The number of carbonyl (C=O) groups excluding carboxylic acids is 3. The summed E-state index contributed by atoms with van der Waals surface area (Å²) in [7, 11) is 1.58. The Hall–Kier alpha value is -5.13. The van der Waals surface area contributed by atoms with Crippen molar-refractivity contribution in [2.75, 3.05) is 13.7 Å². The molecule has 3 amide bonds. The molecular weight excluding hydrogens is 628 g/mol. The summed E-state index contributed by atoms with van der Waals surface area (Å²) in [6.45, 7) is 5.24. The van der Waals surface area contributed by atoms with Crippen molar-refractivity contribution in [2.24, 2.45) is 5.92 Å². The lowest BCUT2D eigenvalue weighted by Crippen LogP contribution is -2.56. The van der Waals surface area contributed by atoms with Crippen molar-refractivity contribution in [3.63, 3.8) is 0 Å². The lowest BCUT2D eigenvalue weighted by Gasteiger charge is -2.30. The second kappa shape index (κ2) is 13.4. The van der Waals surface area contributed by atoms with Crippen molar-refractivity contribution >= 4 is 34.8 Å². The summed E-state index contributed by atoms with van der Waals surface area (Å²) in [4.78, 5) is 59.7. The monoisotopic (exact) mass is 670 g/mol. The number of carboxylic acid groups (broad SMARTS) is 1. The highest BCUT2D eigenvalue weighted by atomic mass is 16.6. The highest BCUT2D eigenvalue weighted by Crippen LogP contribution is 2.45. The molecule has 12 heteroatoms. The molecule has 3 N–H and O–H groups in total. The fourth-order valence-corrected chi connectivity index (χ4v) is 6.59. The van der Waals surface area contributed by atoms with Crippen molar-refractivity contribution in [1.82, 2.24) is 20.5 Å². The Bertz CT molecular complexity index is 1790. The lowest BCUT2D eigenvalue weighted by molar-refractivity contribution is -0.145. The number of hydrogen-bond acceptors (Lipinski definition) is 8. The molecule has 3 heterocycles. The van der Waals surface area contributed by atoms with E-state index in [2.05, 4.69) is 10.6 Å². The van der Waals surface area contributed by atoms with Crippen LogP contribution in [0, 0.1) is 5.92 Å². The van der Waals surface area contributed by atoms with Crippen LogP contribution in [-0.2, 0) is 19.1 Å². The summed E-state index contributed by atoms with van der Waals surface area (Å²) in [6, 6.07) is 14.9. The average Bonchev–Trinajstić information content (AvgIpc) is 3.59. The second-order valence-electron chi connectivity index (χ2n) is 13.9. The molecule has 2 aliphatic heterocycles. The third-order valence-corrected chi connectivity index (χ3v) is 9.15. The molecule has 2 fully saturated rings. The van der Waals surface area contributed by atoms with Crippen LogP contribution < -0.4 is 20.1 Å². The fourth-order valence-electron chi connectivity index (χ4n) is 6.59. The number of aliphatic carboxylic acids is 1. The van der Waals surface area contributed by atoms with E-state index in [1.807, 2.05) is 66.7 Å². The minimum atomic E-state index is -1.44. The number of benzene rings is 2. The first-order valence-corrected chi connectivity index (χ1v) is 16.6. The zero-order valence-electron chi connectivity index (χ0n) is 28.1. The van der Waals surface area contributed by atoms with E-state index >= 15 is 0 Å². The normalized spacial score (nSPS) is 26.2. The first-order valence-electron chi connectivity index (χ1n) is 16.6. The van der Waals surface area contributed by atoms with Gasteiger partial charge in [-0.2, -0.15) is 0 Å². The molecule has 5 atom stereocenters. The van der Waals surface area contributed by atoms with Crippen LogP contribution in [0.15, 0.2) is 66.7 Å². The summed E-state index contributed by atoms with van der Waals surface area (Å²) >= 11 is 0. The third kappa shape index (κ3) is 7.33. The number of methoxy groups -OCH3 is 1. The standard InChI is InChI=1S/C37H42N4O8/c1-36(2,3)49-35(46)39-27-14-10-6-9-13-23-20-37(23,34(44)45)40-32(42)30-18-25(21-41(30)33(27)43)48-31-19-28(22-11-7-5-8-12-22)38-29-17-24(47-4)15-16-26(29)31/h5,7-9,11-13,15-17,19,23,25,27,30H,6,10,14,18,20-21H2,1-4H3,(H,39,46)(H,40,42)(H,44,45)/b13-9+/t23?,25-,27+,30+,37-/m1/s1. The smallest absolute Gasteiger partial charge is 0.408 e. The Morgan fingerprint density at radius 3 is 2.59 bits per heavy atom. The van der Waals surface area contributed by atoms with Crippen LogP contribution in [-0.4, -0.2) is 81.8 Å². The lowest BCUT2D eigenvalue weighted by atomic mass is 10.1. The van der Waals surface area contributed by atoms with Gasteiger partial charge in [0, 0.05) is 35.4 Å². The summed E-state index contributed by atoms with van der Waals surface area (Å²) in [6.07, 6.45) is 4.09. The summed E-state index contributed by atoms with van der Waals surface area (Å²) in [5.74, 6) is -1.39. The van der Waals surface area contributed by atoms with E-state index in [9.17, 15) is 24.3 Å². The Morgan fingerprint density at radius 1 is 1.10 bits per heavy atom. The van der Waals surface area contributed by atoms with Gasteiger partial charge in [0.2, 0.25) is 11.8 Å². The summed E-state index contributed by atoms with van der Waals surface area (Å²) in [5, 5.41) is 16.3. The number of amides is 3.